The summed E-state index contributed by atoms with van der Waals surface area (Å²) in [5.74, 6) is -3.27. The van der Waals surface area contributed by atoms with E-state index < -0.39 is 5.92 Å². The Bertz CT molecular complexity index is 1090. The third-order valence-electron chi connectivity index (χ3n) is 3.98. The number of nitrogens with two attached hydrogens (primary N) is 1. The van der Waals surface area contributed by atoms with Gasteiger partial charge in [-0.3, -0.25) is 4.68 Å². The molecule has 10 heteroatoms. The second kappa shape index (κ2) is 5.84. The number of nitrogen functional groups attached to an aromatic ring is 1. The number of imidazole rings is 1. The lowest BCUT2D eigenvalue weighted by Gasteiger charge is -2.13. The molecule has 0 saturated carbocycles. The quantitative estimate of drug-likeness (QED) is 0.590. The Hall–Kier alpha value is -2.88. The Kier molecular flexibility index (Phi) is 3.72. The maximum absolute atomic E-state index is 13.7. The predicted molar refractivity (Wildman–Crippen MR) is 95.0 cm³/mol. The van der Waals surface area contributed by atoms with Gasteiger partial charge in [-0.25, -0.2) is 23.3 Å². The Morgan fingerprint density at radius 1 is 1.19 bits per heavy atom. The SMILES string of the molecule is CCn1cc(-c2nn3c(-c4cnc(N)c(C(C)(F)F)c4)cnc3s2)cn1. The van der Waals surface area contributed by atoms with Crippen molar-refractivity contribution >= 4 is 22.1 Å². The average Bonchev–Trinajstić information content (AvgIpc) is 3.29. The molecule has 0 bridgehead atoms. The van der Waals surface area contributed by atoms with Gasteiger partial charge in [0.2, 0.25) is 4.96 Å². The van der Waals surface area contributed by atoms with Crippen LogP contribution in [-0.4, -0.2) is 29.4 Å². The maximum Gasteiger partial charge on any atom is 0.274 e. The van der Waals surface area contributed by atoms with E-state index in [0.717, 1.165) is 24.0 Å². The number of aryl methyl sites for hydroxylation is 1. The highest BCUT2D eigenvalue weighted by Crippen LogP contribution is 2.34. The van der Waals surface area contributed by atoms with Crippen molar-refractivity contribution in [3.05, 3.63) is 36.4 Å². The van der Waals surface area contributed by atoms with Crippen molar-refractivity contribution in [3.8, 4) is 21.8 Å². The molecular formula is C16H15F2N7S. The van der Waals surface area contributed by atoms with Crippen molar-refractivity contribution in [3.63, 3.8) is 0 Å². The van der Waals surface area contributed by atoms with Gasteiger partial charge in [0, 0.05) is 31.4 Å². The summed E-state index contributed by atoms with van der Waals surface area (Å²) in [6, 6.07) is 1.33. The first-order valence-electron chi connectivity index (χ1n) is 7.88. The molecule has 0 radical (unpaired) electrons. The molecule has 0 aromatic carbocycles. The molecule has 2 N–H and O–H groups in total. The Labute approximate surface area is 151 Å². The second-order valence-electron chi connectivity index (χ2n) is 5.87. The number of nitrogens with zero attached hydrogens (tertiary/aromatic N) is 6. The summed E-state index contributed by atoms with van der Waals surface area (Å²) in [6.07, 6.45) is 6.67. The van der Waals surface area contributed by atoms with E-state index in [1.54, 1.807) is 21.6 Å². The molecule has 134 valence electrons. The van der Waals surface area contributed by atoms with E-state index in [-0.39, 0.29) is 11.4 Å². The summed E-state index contributed by atoms with van der Waals surface area (Å²) in [5, 5.41) is 9.54. The Morgan fingerprint density at radius 2 is 2.00 bits per heavy atom. The number of halogens is 2. The van der Waals surface area contributed by atoms with Gasteiger partial charge in [0.15, 0.2) is 5.01 Å². The van der Waals surface area contributed by atoms with Crippen LogP contribution in [0.4, 0.5) is 14.6 Å². The van der Waals surface area contributed by atoms with E-state index in [4.69, 9.17) is 5.73 Å². The number of pyridine rings is 1. The van der Waals surface area contributed by atoms with Crippen LogP contribution in [0.2, 0.25) is 0 Å². The fourth-order valence-electron chi connectivity index (χ4n) is 2.62. The van der Waals surface area contributed by atoms with Crippen molar-refractivity contribution in [1.82, 2.24) is 29.4 Å². The molecule has 0 spiro atoms. The van der Waals surface area contributed by atoms with Gasteiger partial charge in [-0.2, -0.15) is 10.2 Å². The fourth-order valence-corrected chi connectivity index (χ4v) is 3.47. The van der Waals surface area contributed by atoms with E-state index in [1.165, 1.54) is 23.6 Å². The van der Waals surface area contributed by atoms with Gasteiger partial charge in [-0.15, -0.1) is 0 Å². The van der Waals surface area contributed by atoms with Crippen LogP contribution in [0, 0.1) is 0 Å². The Morgan fingerprint density at radius 3 is 2.69 bits per heavy atom. The number of fused-ring (bicyclic) bond motifs is 1. The topological polar surface area (TPSA) is 86.9 Å². The first-order chi connectivity index (χ1) is 12.4. The summed E-state index contributed by atoms with van der Waals surface area (Å²) in [5.41, 5.74) is 7.21. The third-order valence-corrected chi connectivity index (χ3v) is 4.95. The van der Waals surface area contributed by atoms with Gasteiger partial charge in [0.1, 0.15) is 5.82 Å². The molecule has 4 aromatic rings. The van der Waals surface area contributed by atoms with Gasteiger partial charge in [0.05, 0.1) is 29.2 Å². The summed E-state index contributed by atoms with van der Waals surface area (Å²) in [4.78, 5) is 8.89. The van der Waals surface area contributed by atoms with Crippen LogP contribution in [0.25, 0.3) is 26.8 Å². The average molecular weight is 375 g/mol. The molecule has 4 aromatic heterocycles. The molecule has 0 atom stereocenters. The number of aromatic nitrogens is 6. The third kappa shape index (κ3) is 2.71. The lowest BCUT2D eigenvalue weighted by atomic mass is 10.1. The lowest BCUT2D eigenvalue weighted by molar-refractivity contribution is 0.0180. The molecule has 0 aliphatic rings. The van der Waals surface area contributed by atoms with Crippen LogP contribution in [0.5, 0.6) is 0 Å². The van der Waals surface area contributed by atoms with E-state index in [2.05, 4.69) is 20.2 Å². The Balaban J connectivity index is 1.81. The molecule has 0 amide bonds. The predicted octanol–water partition coefficient (Wildman–Crippen LogP) is 3.43. The van der Waals surface area contributed by atoms with Gasteiger partial charge in [-0.05, 0) is 13.0 Å². The molecular weight excluding hydrogens is 360 g/mol. The van der Waals surface area contributed by atoms with Crippen LogP contribution in [0.3, 0.4) is 0 Å². The number of rotatable bonds is 4. The highest BCUT2D eigenvalue weighted by Gasteiger charge is 2.28. The molecule has 4 rings (SSSR count). The van der Waals surface area contributed by atoms with Crippen LogP contribution < -0.4 is 5.73 Å². The van der Waals surface area contributed by atoms with Crippen LogP contribution >= 0.6 is 11.3 Å². The van der Waals surface area contributed by atoms with Crippen LogP contribution in [0.15, 0.2) is 30.9 Å². The molecule has 0 unspecified atom stereocenters. The van der Waals surface area contributed by atoms with Gasteiger partial charge < -0.3 is 5.73 Å². The highest BCUT2D eigenvalue weighted by atomic mass is 32.1. The van der Waals surface area contributed by atoms with Crippen molar-refractivity contribution in [2.45, 2.75) is 26.3 Å². The van der Waals surface area contributed by atoms with Crippen molar-refractivity contribution in [2.75, 3.05) is 5.73 Å². The maximum atomic E-state index is 13.7. The zero-order valence-corrected chi connectivity index (χ0v) is 14.8. The van der Waals surface area contributed by atoms with Crippen LogP contribution in [-0.2, 0) is 12.5 Å². The molecule has 0 fully saturated rings. The number of hydrogen-bond donors (Lipinski definition) is 1. The molecule has 26 heavy (non-hydrogen) atoms. The monoisotopic (exact) mass is 375 g/mol. The lowest BCUT2D eigenvalue weighted by Crippen LogP contribution is -2.12. The van der Waals surface area contributed by atoms with E-state index in [1.807, 2.05) is 13.1 Å². The molecule has 0 aliphatic heterocycles. The van der Waals surface area contributed by atoms with Crippen molar-refractivity contribution in [2.24, 2.45) is 0 Å². The first-order valence-corrected chi connectivity index (χ1v) is 8.70. The minimum atomic E-state index is -3.08. The van der Waals surface area contributed by atoms with Crippen molar-refractivity contribution in [1.29, 1.82) is 0 Å². The molecule has 0 aliphatic carbocycles. The molecule has 7 nitrogen and oxygen atoms in total. The largest absolute Gasteiger partial charge is 0.383 e. The molecule has 4 heterocycles. The van der Waals surface area contributed by atoms with Crippen molar-refractivity contribution < 1.29 is 8.78 Å². The minimum Gasteiger partial charge on any atom is -0.383 e. The normalized spacial score (nSPS) is 12.2. The second-order valence-corrected chi connectivity index (χ2v) is 6.83. The standard InChI is InChI=1S/C16H15F2N7S/c1-3-24-8-10(6-22-24)14-23-25-12(7-21-15(25)26-14)9-4-11(16(2,17)18)13(19)20-5-9/h4-8H,3H2,1-2H3,(H2,19,20). The van der Waals surface area contributed by atoms with Gasteiger partial charge in [0.25, 0.3) is 5.92 Å². The summed E-state index contributed by atoms with van der Waals surface area (Å²) < 4.78 is 30.9. The van der Waals surface area contributed by atoms with E-state index in [0.29, 0.717) is 16.2 Å². The first kappa shape index (κ1) is 16.6. The highest BCUT2D eigenvalue weighted by molar-refractivity contribution is 7.19. The number of hydrogen-bond acceptors (Lipinski definition) is 6. The zero-order valence-electron chi connectivity index (χ0n) is 14.0. The van der Waals surface area contributed by atoms with E-state index >= 15 is 0 Å². The summed E-state index contributed by atoms with van der Waals surface area (Å²) in [7, 11) is 0. The van der Waals surface area contributed by atoms with Gasteiger partial charge in [-0.1, -0.05) is 11.3 Å². The summed E-state index contributed by atoms with van der Waals surface area (Å²) in [6.45, 7) is 3.56. The number of anilines is 1. The fraction of sp³-hybridized carbons (Fsp3) is 0.250. The molecule has 0 saturated heterocycles. The smallest absolute Gasteiger partial charge is 0.274 e. The minimum absolute atomic E-state index is 0.187. The summed E-state index contributed by atoms with van der Waals surface area (Å²) >= 11 is 1.40. The van der Waals surface area contributed by atoms with E-state index in [9.17, 15) is 8.78 Å². The zero-order chi connectivity index (χ0) is 18.5. The van der Waals surface area contributed by atoms with Gasteiger partial charge >= 0.3 is 0 Å². The number of alkyl halides is 2. The van der Waals surface area contributed by atoms with Crippen LogP contribution in [0.1, 0.15) is 19.4 Å².